The van der Waals surface area contributed by atoms with Crippen LogP contribution in [0.1, 0.15) is 58.8 Å². The Balaban J connectivity index is 1.75. The lowest BCUT2D eigenvalue weighted by atomic mass is 9.48. The van der Waals surface area contributed by atoms with E-state index in [1.165, 1.54) is 49.0 Å². The van der Waals surface area contributed by atoms with Crippen LogP contribution in [0.15, 0.2) is 22.6 Å². The minimum Gasteiger partial charge on any atom is -0.290 e. The van der Waals surface area contributed by atoms with Crippen LogP contribution >= 0.6 is 11.8 Å². The molecule has 4 rings (SSSR count). The summed E-state index contributed by atoms with van der Waals surface area (Å²) in [4.78, 5) is 13.4. The predicted octanol–water partition coefficient (Wildman–Crippen LogP) is 5.38. The van der Waals surface area contributed by atoms with Gasteiger partial charge in [-0.15, -0.1) is 11.8 Å². The van der Waals surface area contributed by atoms with Gasteiger partial charge in [0.1, 0.15) is 0 Å². The molecular formula is C20H28OS. The molecular weight excluding hydrogens is 288 g/mol. The Kier molecular flexibility index (Phi) is 3.42. The molecule has 0 aromatic carbocycles. The molecule has 2 heteroatoms. The molecule has 4 aliphatic carbocycles. The standard InChI is InChI=1S/C20H28OS/c1-19-9-4-5-16(19)15-7-6-13-11-14(21)12-18(22-3)20(13,2)17(15)8-10-19/h11-12,15-17H,4-10H2,1-3H3/t15-,16-,17-,19-,20-/m0/s1. The zero-order valence-electron chi connectivity index (χ0n) is 14.2. The first kappa shape index (κ1) is 15.1. The van der Waals surface area contributed by atoms with E-state index in [1.54, 1.807) is 0 Å². The highest BCUT2D eigenvalue weighted by molar-refractivity contribution is 8.02. The van der Waals surface area contributed by atoms with E-state index in [4.69, 9.17) is 0 Å². The van der Waals surface area contributed by atoms with E-state index < -0.39 is 0 Å². The molecule has 0 radical (unpaired) electrons. The highest BCUT2D eigenvalue weighted by atomic mass is 32.2. The molecule has 0 bridgehead atoms. The largest absolute Gasteiger partial charge is 0.290 e. The number of carbonyl (C=O) groups is 1. The van der Waals surface area contributed by atoms with Crippen LogP contribution in [0.2, 0.25) is 0 Å². The molecule has 3 fully saturated rings. The van der Waals surface area contributed by atoms with Crippen LogP contribution in [0.3, 0.4) is 0 Å². The van der Waals surface area contributed by atoms with Crippen molar-refractivity contribution in [2.24, 2.45) is 28.6 Å². The summed E-state index contributed by atoms with van der Waals surface area (Å²) in [5.74, 6) is 2.80. The van der Waals surface area contributed by atoms with E-state index in [9.17, 15) is 4.79 Å². The van der Waals surface area contributed by atoms with Crippen LogP contribution < -0.4 is 0 Å². The van der Waals surface area contributed by atoms with Gasteiger partial charge in [-0.3, -0.25) is 4.79 Å². The molecule has 0 unspecified atom stereocenters. The van der Waals surface area contributed by atoms with Gasteiger partial charge in [-0.2, -0.15) is 0 Å². The molecule has 0 saturated heterocycles. The van der Waals surface area contributed by atoms with Gasteiger partial charge in [-0.25, -0.2) is 0 Å². The summed E-state index contributed by atoms with van der Waals surface area (Å²) < 4.78 is 0. The SMILES string of the molecule is CSC1=CC(=O)C=C2CC[C@H]3[C@@H]4CCC[C@@]4(C)CC[C@@H]3[C@]21C. The zero-order valence-corrected chi connectivity index (χ0v) is 15.0. The van der Waals surface area contributed by atoms with Gasteiger partial charge >= 0.3 is 0 Å². The number of hydrogen-bond acceptors (Lipinski definition) is 2. The fourth-order valence-electron chi connectivity index (χ4n) is 6.55. The van der Waals surface area contributed by atoms with Gasteiger partial charge in [-0.1, -0.05) is 25.8 Å². The highest BCUT2D eigenvalue weighted by Gasteiger charge is 2.57. The lowest BCUT2D eigenvalue weighted by Crippen LogP contribution is -2.49. The Hall–Kier alpha value is -0.500. The van der Waals surface area contributed by atoms with E-state index in [0.29, 0.717) is 5.41 Å². The highest BCUT2D eigenvalue weighted by Crippen LogP contribution is 2.66. The number of fused-ring (bicyclic) bond motifs is 5. The number of thioether (sulfide) groups is 1. The number of rotatable bonds is 1. The number of allylic oxidation sites excluding steroid dienone is 4. The second kappa shape index (κ2) is 5.00. The molecule has 0 aliphatic heterocycles. The molecule has 0 aromatic heterocycles. The van der Waals surface area contributed by atoms with Crippen molar-refractivity contribution < 1.29 is 4.79 Å². The third-order valence-electron chi connectivity index (χ3n) is 7.70. The Bertz CT molecular complexity index is 556. The smallest absolute Gasteiger partial charge is 0.179 e. The third-order valence-corrected chi connectivity index (χ3v) is 8.68. The van der Waals surface area contributed by atoms with E-state index in [2.05, 4.69) is 20.1 Å². The lowest BCUT2D eigenvalue weighted by molar-refractivity contribution is -0.111. The minimum atomic E-state index is 0.153. The van der Waals surface area contributed by atoms with Crippen molar-refractivity contribution in [1.29, 1.82) is 0 Å². The average molecular weight is 317 g/mol. The van der Waals surface area contributed by atoms with Crippen molar-refractivity contribution >= 4 is 17.5 Å². The molecule has 0 heterocycles. The van der Waals surface area contributed by atoms with Crippen LogP contribution in [0, 0.1) is 28.6 Å². The first-order valence-corrected chi connectivity index (χ1v) is 10.2. The molecule has 0 spiro atoms. The van der Waals surface area contributed by atoms with Gasteiger partial charge in [0, 0.05) is 5.41 Å². The van der Waals surface area contributed by atoms with Crippen LogP contribution in [-0.2, 0) is 4.79 Å². The van der Waals surface area contributed by atoms with Crippen molar-refractivity contribution in [3.8, 4) is 0 Å². The Morgan fingerprint density at radius 1 is 1.09 bits per heavy atom. The van der Waals surface area contributed by atoms with Crippen LogP contribution in [-0.4, -0.2) is 12.0 Å². The second-order valence-corrected chi connectivity index (χ2v) is 9.34. The number of hydrogen-bond donors (Lipinski definition) is 0. The topological polar surface area (TPSA) is 17.1 Å². The minimum absolute atomic E-state index is 0.153. The fourth-order valence-corrected chi connectivity index (χ4v) is 7.49. The van der Waals surface area contributed by atoms with Crippen molar-refractivity contribution in [1.82, 2.24) is 0 Å². The normalized spacial score (nSPS) is 47.2. The van der Waals surface area contributed by atoms with Gasteiger partial charge in [-0.05, 0) is 85.0 Å². The number of ketones is 1. The van der Waals surface area contributed by atoms with Gasteiger partial charge in [0.2, 0.25) is 0 Å². The molecule has 0 N–H and O–H groups in total. The Morgan fingerprint density at radius 3 is 2.68 bits per heavy atom. The van der Waals surface area contributed by atoms with Crippen LogP contribution in [0.4, 0.5) is 0 Å². The second-order valence-electron chi connectivity index (χ2n) is 8.49. The van der Waals surface area contributed by atoms with Gasteiger partial charge in [0.25, 0.3) is 0 Å². The summed E-state index contributed by atoms with van der Waals surface area (Å²) in [6.07, 6.45) is 15.6. The van der Waals surface area contributed by atoms with Crippen molar-refractivity contribution in [3.05, 3.63) is 22.6 Å². The van der Waals surface area contributed by atoms with Gasteiger partial charge < -0.3 is 0 Å². The predicted molar refractivity (Wildman–Crippen MR) is 93.7 cm³/mol. The van der Waals surface area contributed by atoms with Crippen molar-refractivity contribution in [2.45, 2.75) is 58.8 Å². The van der Waals surface area contributed by atoms with Gasteiger partial charge in [0.15, 0.2) is 5.78 Å². The molecule has 0 amide bonds. The van der Waals surface area contributed by atoms with E-state index >= 15 is 0 Å². The summed E-state index contributed by atoms with van der Waals surface area (Å²) in [6.45, 7) is 5.01. The van der Waals surface area contributed by atoms with Gasteiger partial charge in [0.05, 0.1) is 0 Å². The third kappa shape index (κ3) is 1.89. The first-order valence-electron chi connectivity index (χ1n) is 9.00. The summed E-state index contributed by atoms with van der Waals surface area (Å²) in [6, 6.07) is 0. The summed E-state index contributed by atoms with van der Waals surface area (Å²) >= 11 is 1.81. The van der Waals surface area contributed by atoms with E-state index in [-0.39, 0.29) is 11.2 Å². The fraction of sp³-hybridized carbons (Fsp3) is 0.750. The quantitative estimate of drug-likeness (QED) is 0.646. The maximum Gasteiger partial charge on any atom is 0.179 e. The Morgan fingerprint density at radius 2 is 1.91 bits per heavy atom. The maximum atomic E-state index is 12.1. The molecule has 5 atom stereocenters. The van der Waals surface area contributed by atoms with Crippen molar-refractivity contribution in [2.75, 3.05) is 6.26 Å². The molecule has 120 valence electrons. The molecule has 4 aliphatic rings. The lowest BCUT2D eigenvalue weighted by Gasteiger charge is -2.57. The molecule has 22 heavy (non-hydrogen) atoms. The zero-order chi connectivity index (χ0) is 15.5. The molecule has 3 saturated carbocycles. The molecule has 0 aromatic rings. The first-order chi connectivity index (χ1) is 10.5. The summed E-state index contributed by atoms with van der Waals surface area (Å²) in [5, 5.41) is 0. The maximum absolute atomic E-state index is 12.1. The number of carbonyl (C=O) groups excluding carboxylic acids is 1. The van der Waals surface area contributed by atoms with E-state index in [1.807, 2.05) is 23.9 Å². The summed E-state index contributed by atoms with van der Waals surface area (Å²) in [5.41, 5.74) is 2.21. The molecule has 1 nitrogen and oxygen atoms in total. The summed E-state index contributed by atoms with van der Waals surface area (Å²) in [7, 11) is 0. The van der Waals surface area contributed by atoms with Crippen LogP contribution in [0.25, 0.3) is 0 Å². The average Bonchev–Trinajstić information content (AvgIpc) is 2.89. The van der Waals surface area contributed by atoms with Crippen molar-refractivity contribution in [3.63, 3.8) is 0 Å². The van der Waals surface area contributed by atoms with Crippen LogP contribution in [0.5, 0.6) is 0 Å². The van der Waals surface area contributed by atoms with E-state index in [0.717, 1.165) is 24.2 Å². The monoisotopic (exact) mass is 316 g/mol. The Labute approximate surface area is 139 Å².